The van der Waals surface area contributed by atoms with E-state index in [-0.39, 0.29) is 24.0 Å². The molecule has 6 heteroatoms. The molecule has 0 aliphatic carbocycles. The van der Waals surface area contributed by atoms with E-state index in [4.69, 9.17) is 4.42 Å². The smallest absolute Gasteiger partial charge is 0.191 e. The molecule has 0 spiro atoms. The highest BCUT2D eigenvalue weighted by molar-refractivity contribution is 14.0. The molecule has 0 saturated carbocycles. The van der Waals surface area contributed by atoms with Crippen molar-refractivity contribution in [2.24, 2.45) is 4.99 Å². The van der Waals surface area contributed by atoms with Gasteiger partial charge in [-0.3, -0.25) is 9.89 Å². The van der Waals surface area contributed by atoms with Gasteiger partial charge in [-0.05, 0) is 49.2 Å². The van der Waals surface area contributed by atoms with Crippen LogP contribution in [0.5, 0.6) is 0 Å². The number of likely N-dealkylation sites (tertiary alicyclic amines) is 1. The summed E-state index contributed by atoms with van der Waals surface area (Å²) < 4.78 is 5.33. The van der Waals surface area contributed by atoms with E-state index in [0.29, 0.717) is 0 Å². The number of nitrogens with one attached hydrogen (secondary N) is 2. The Morgan fingerprint density at radius 1 is 1.08 bits per heavy atom. The summed E-state index contributed by atoms with van der Waals surface area (Å²) in [5, 5.41) is 6.67. The van der Waals surface area contributed by atoms with Gasteiger partial charge in [0.25, 0.3) is 0 Å². The Labute approximate surface area is 173 Å². The van der Waals surface area contributed by atoms with E-state index in [1.807, 2.05) is 12.1 Å². The van der Waals surface area contributed by atoms with Crippen molar-refractivity contribution in [3.05, 3.63) is 59.5 Å². The van der Waals surface area contributed by atoms with Crippen LogP contribution in [-0.2, 0) is 19.5 Å². The minimum atomic E-state index is 0. The van der Waals surface area contributed by atoms with E-state index >= 15 is 0 Å². The number of rotatable bonds is 7. The number of aliphatic imine (C=N–C) groups is 1. The molecule has 3 rings (SSSR count). The summed E-state index contributed by atoms with van der Waals surface area (Å²) in [4.78, 5) is 6.79. The van der Waals surface area contributed by atoms with Crippen LogP contribution in [0.1, 0.15) is 29.7 Å². The third-order valence-electron chi connectivity index (χ3n) is 4.56. The first-order valence-electron chi connectivity index (χ1n) is 9.10. The molecule has 2 aromatic rings. The van der Waals surface area contributed by atoms with Gasteiger partial charge in [-0.15, -0.1) is 24.0 Å². The highest BCUT2D eigenvalue weighted by Gasteiger charge is 2.11. The van der Waals surface area contributed by atoms with Gasteiger partial charge in [0.05, 0.1) is 6.26 Å². The fourth-order valence-electron chi connectivity index (χ4n) is 3.13. The fourth-order valence-corrected chi connectivity index (χ4v) is 3.13. The van der Waals surface area contributed by atoms with Crippen LogP contribution in [-0.4, -0.2) is 37.5 Å². The summed E-state index contributed by atoms with van der Waals surface area (Å²) in [6.07, 6.45) is 5.23. The molecule has 5 nitrogen and oxygen atoms in total. The number of guanidine groups is 1. The van der Waals surface area contributed by atoms with E-state index in [9.17, 15) is 0 Å². The SMILES string of the molecule is CN=C(NCCc1ccco1)NCc1ccc(CN2CCCC2)cc1.I. The fraction of sp³-hybridized carbons (Fsp3) is 0.450. The summed E-state index contributed by atoms with van der Waals surface area (Å²) in [6, 6.07) is 12.8. The Bertz CT molecular complexity index is 649. The Morgan fingerprint density at radius 3 is 2.46 bits per heavy atom. The molecule has 142 valence electrons. The molecule has 26 heavy (non-hydrogen) atoms. The zero-order valence-electron chi connectivity index (χ0n) is 15.4. The number of hydrogen-bond acceptors (Lipinski definition) is 3. The van der Waals surface area contributed by atoms with Crippen molar-refractivity contribution in [3.63, 3.8) is 0 Å². The first-order valence-corrected chi connectivity index (χ1v) is 9.10. The zero-order valence-corrected chi connectivity index (χ0v) is 17.7. The van der Waals surface area contributed by atoms with Crippen LogP contribution in [0.2, 0.25) is 0 Å². The Hall–Kier alpha value is -1.54. The number of halogens is 1. The van der Waals surface area contributed by atoms with Crippen LogP contribution < -0.4 is 10.6 Å². The lowest BCUT2D eigenvalue weighted by Gasteiger charge is -2.15. The lowest BCUT2D eigenvalue weighted by atomic mass is 10.1. The first kappa shape index (κ1) is 20.8. The summed E-state index contributed by atoms with van der Waals surface area (Å²) >= 11 is 0. The molecule has 2 N–H and O–H groups in total. The van der Waals surface area contributed by atoms with Crippen LogP contribution in [0, 0.1) is 0 Å². The molecule has 1 aliphatic heterocycles. The summed E-state index contributed by atoms with van der Waals surface area (Å²) in [5.41, 5.74) is 2.66. The summed E-state index contributed by atoms with van der Waals surface area (Å²) in [6.45, 7) is 5.11. The van der Waals surface area contributed by atoms with Crippen molar-refractivity contribution in [2.75, 3.05) is 26.7 Å². The van der Waals surface area contributed by atoms with Crippen molar-refractivity contribution in [2.45, 2.75) is 32.4 Å². The molecule has 0 amide bonds. The molecule has 1 aliphatic rings. The molecule has 0 bridgehead atoms. The number of hydrogen-bond donors (Lipinski definition) is 2. The lowest BCUT2D eigenvalue weighted by Crippen LogP contribution is -2.37. The zero-order chi connectivity index (χ0) is 17.3. The topological polar surface area (TPSA) is 52.8 Å². The van der Waals surface area contributed by atoms with Gasteiger partial charge in [-0.25, -0.2) is 0 Å². The van der Waals surface area contributed by atoms with Crippen LogP contribution in [0.25, 0.3) is 0 Å². The van der Waals surface area contributed by atoms with Gasteiger partial charge in [0.15, 0.2) is 5.96 Å². The summed E-state index contributed by atoms with van der Waals surface area (Å²) in [7, 11) is 1.79. The maximum absolute atomic E-state index is 5.33. The Balaban J connectivity index is 0.00000243. The Kier molecular flexibility index (Phi) is 8.97. The predicted molar refractivity (Wildman–Crippen MR) is 117 cm³/mol. The van der Waals surface area contributed by atoms with Crippen LogP contribution in [0.3, 0.4) is 0 Å². The molecule has 2 heterocycles. The van der Waals surface area contributed by atoms with Crippen molar-refractivity contribution >= 4 is 29.9 Å². The minimum absolute atomic E-state index is 0. The third kappa shape index (κ3) is 6.64. The van der Waals surface area contributed by atoms with E-state index in [1.54, 1.807) is 13.3 Å². The molecule has 1 fully saturated rings. The normalized spacial score (nSPS) is 14.9. The molecular weight excluding hydrogens is 439 g/mol. The largest absolute Gasteiger partial charge is 0.469 e. The van der Waals surface area contributed by atoms with E-state index in [1.165, 1.54) is 37.1 Å². The molecule has 0 unspecified atom stereocenters. The van der Waals surface area contributed by atoms with Crippen molar-refractivity contribution < 1.29 is 4.42 Å². The van der Waals surface area contributed by atoms with Gasteiger partial charge < -0.3 is 15.1 Å². The molecule has 0 radical (unpaired) electrons. The van der Waals surface area contributed by atoms with Crippen molar-refractivity contribution in [1.29, 1.82) is 0 Å². The van der Waals surface area contributed by atoms with Gasteiger partial charge in [-0.1, -0.05) is 24.3 Å². The van der Waals surface area contributed by atoms with Gasteiger partial charge in [0.2, 0.25) is 0 Å². The predicted octanol–water partition coefficient (Wildman–Crippen LogP) is 3.40. The molecule has 1 aromatic carbocycles. The van der Waals surface area contributed by atoms with Crippen molar-refractivity contribution in [3.8, 4) is 0 Å². The second-order valence-electron chi connectivity index (χ2n) is 6.48. The molecular formula is C20H29IN4O. The Morgan fingerprint density at radius 2 is 1.81 bits per heavy atom. The van der Waals surface area contributed by atoms with Gasteiger partial charge in [0, 0.05) is 33.1 Å². The second-order valence-corrected chi connectivity index (χ2v) is 6.48. The quantitative estimate of drug-likeness (QED) is 0.372. The monoisotopic (exact) mass is 468 g/mol. The van der Waals surface area contributed by atoms with Crippen LogP contribution in [0.15, 0.2) is 52.1 Å². The lowest BCUT2D eigenvalue weighted by molar-refractivity contribution is 0.331. The van der Waals surface area contributed by atoms with E-state index in [2.05, 4.69) is 44.8 Å². The van der Waals surface area contributed by atoms with Gasteiger partial charge >= 0.3 is 0 Å². The first-order chi connectivity index (χ1) is 12.3. The highest BCUT2D eigenvalue weighted by Crippen LogP contribution is 2.13. The maximum Gasteiger partial charge on any atom is 0.191 e. The van der Waals surface area contributed by atoms with Crippen molar-refractivity contribution in [1.82, 2.24) is 15.5 Å². The third-order valence-corrected chi connectivity index (χ3v) is 4.56. The number of nitrogens with zero attached hydrogens (tertiary/aromatic N) is 2. The average Bonchev–Trinajstić information content (AvgIpc) is 3.33. The number of benzene rings is 1. The number of furan rings is 1. The minimum Gasteiger partial charge on any atom is -0.469 e. The second kappa shape index (κ2) is 11.2. The molecule has 1 saturated heterocycles. The standard InChI is InChI=1S/C20H28N4O.HI/c1-21-20(22-11-10-19-5-4-14-25-19)23-15-17-6-8-18(9-7-17)16-24-12-2-3-13-24;/h4-9,14H,2-3,10-13,15-16H2,1H3,(H2,21,22,23);1H. The molecule has 1 aromatic heterocycles. The summed E-state index contributed by atoms with van der Waals surface area (Å²) in [5.74, 6) is 1.80. The van der Waals surface area contributed by atoms with Crippen LogP contribution >= 0.6 is 24.0 Å². The van der Waals surface area contributed by atoms with Gasteiger partial charge in [-0.2, -0.15) is 0 Å². The van der Waals surface area contributed by atoms with E-state index < -0.39 is 0 Å². The van der Waals surface area contributed by atoms with Crippen LogP contribution in [0.4, 0.5) is 0 Å². The maximum atomic E-state index is 5.33. The van der Waals surface area contributed by atoms with E-state index in [0.717, 1.165) is 37.8 Å². The molecule has 0 atom stereocenters. The average molecular weight is 468 g/mol. The van der Waals surface area contributed by atoms with Gasteiger partial charge in [0.1, 0.15) is 5.76 Å². The highest BCUT2D eigenvalue weighted by atomic mass is 127.